The Balaban J connectivity index is 2.29. The number of carbonyl (C=O) groups is 1. The zero-order chi connectivity index (χ0) is 12.3. The van der Waals surface area contributed by atoms with E-state index in [1.54, 1.807) is 34.9 Å². The molecule has 1 N–H and O–H groups in total. The molecule has 5 nitrogen and oxygen atoms in total. The van der Waals surface area contributed by atoms with E-state index in [2.05, 4.69) is 4.98 Å². The number of anilines is 1. The Labute approximate surface area is 103 Å². The van der Waals surface area contributed by atoms with E-state index in [-0.39, 0.29) is 0 Å². The second-order valence-corrected chi connectivity index (χ2v) is 4.77. The lowest BCUT2D eigenvalue weighted by molar-refractivity contribution is -0.138. The molecule has 0 aliphatic carbocycles. The van der Waals surface area contributed by atoms with Crippen molar-refractivity contribution < 1.29 is 9.90 Å². The number of nitrogens with zero attached hydrogens (tertiary/aromatic N) is 3. The second-order valence-electron chi connectivity index (χ2n) is 3.62. The number of pyridine rings is 1. The molecule has 1 fully saturated rings. The number of nitriles is 1. The summed E-state index contributed by atoms with van der Waals surface area (Å²) in [6, 6.07) is 6.48. The minimum atomic E-state index is -0.846. The Morgan fingerprint density at radius 3 is 3.18 bits per heavy atom. The molecule has 1 atom stereocenters. The standard InChI is InChI=1S/C11H11N3O2S/c12-6-8-2-1-3-10(13-8)14-4-5-17-7-9(14)11(15)16/h1-3,9H,4-5,7H2,(H,15,16). The molecule has 1 aliphatic rings. The number of carboxylic acids is 1. The van der Waals surface area contributed by atoms with Crippen molar-refractivity contribution in [3.05, 3.63) is 23.9 Å². The largest absolute Gasteiger partial charge is 0.480 e. The van der Waals surface area contributed by atoms with Crippen molar-refractivity contribution in [3.8, 4) is 6.07 Å². The molecule has 1 aromatic heterocycles. The minimum Gasteiger partial charge on any atom is -0.480 e. The fraction of sp³-hybridized carbons (Fsp3) is 0.364. The van der Waals surface area contributed by atoms with Gasteiger partial charge in [-0.25, -0.2) is 9.78 Å². The molecule has 88 valence electrons. The fourth-order valence-corrected chi connectivity index (χ4v) is 2.77. The van der Waals surface area contributed by atoms with Crippen molar-refractivity contribution in [1.82, 2.24) is 4.98 Å². The van der Waals surface area contributed by atoms with Gasteiger partial charge < -0.3 is 10.0 Å². The van der Waals surface area contributed by atoms with Crippen molar-refractivity contribution in [2.45, 2.75) is 6.04 Å². The van der Waals surface area contributed by atoms with Crippen LogP contribution in [0.15, 0.2) is 18.2 Å². The Bertz CT molecular complexity index is 472. The van der Waals surface area contributed by atoms with Crippen molar-refractivity contribution in [2.75, 3.05) is 23.0 Å². The van der Waals surface area contributed by atoms with Gasteiger partial charge in [-0.1, -0.05) is 6.07 Å². The van der Waals surface area contributed by atoms with E-state index in [0.29, 0.717) is 23.8 Å². The fourth-order valence-electron chi connectivity index (χ4n) is 1.73. The molecule has 0 radical (unpaired) electrons. The van der Waals surface area contributed by atoms with Gasteiger partial charge in [-0.15, -0.1) is 0 Å². The van der Waals surface area contributed by atoms with E-state index in [1.807, 2.05) is 6.07 Å². The molecule has 6 heteroatoms. The van der Waals surface area contributed by atoms with Crippen LogP contribution in [-0.4, -0.2) is 40.2 Å². The van der Waals surface area contributed by atoms with Crippen LogP contribution in [0, 0.1) is 11.3 Å². The summed E-state index contributed by atoms with van der Waals surface area (Å²) in [5.74, 6) is 1.15. The van der Waals surface area contributed by atoms with E-state index < -0.39 is 12.0 Å². The molecule has 17 heavy (non-hydrogen) atoms. The SMILES string of the molecule is N#Cc1cccc(N2CCSCC2C(=O)O)n1. The maximum atomic E-state index is 11.1. The summed E-state index contributed by atoms with van der Waals surface area (Å²) in [7, 11) is 0. The van der Waals surface area contributed by atoms with Gasteiger partial charge in [-0.2, -0.15) is 17.0 Å². The van der Waals surface area contributed by atoms with Gasteiger partial charge in [0.1, 0.15) is 23.6 Å². The van der Waals surface area contributed by atoms with E-state index in [4.69, 9.17) is 10.4 Å². The third kappa shape index (κ3) is 2.50. The van der Waals surface area contributed by atoms with E-state index in [1.165, 1.54) is 0 Å². The molecule has 1 aromatic rings. The number of thioether (sulfide) groups is 1. The van der Waals surface area contributed by atoms with E-state index in [0.717, 1.165) is 5.75 Å². The van der Waals surface area contributed by atoms with Crippen LogP contribution in [0.1, 0.15) is 5.69 Å². The third-order valence-electron chi connectivity index (χ3n) is 2.56. The van der Waals surface area contributed by atoms with Gasteiger partial charge in [0.2, 0.25) is 0 Å². The quantitative estimate of drug-likeness (QED) is 0.841. The maximum Gasteiger partial charge on any atom is 0.327 e. The molecular weight excluding hydrogens is 238 g/mol. The third-order valence-corrected chi connectivity index (χ3v) is 3.58. The number of hydrogen-bond donors (Lipinski definition) is 1. The predicted molar refractivity (Wildman–Crippen MR) is 65.0 cm³/mol. The lowest BCUT2D eigenvalue weighted by atomic mass is 10.2. The molecule has 1 unspecified atom stereocenters. The Hall–Kier alpha value is -1.74. The first-order valence-electron chi connectivity index (χ1n) is 5.16. The topological polar surface area (TPSA) is 77.2 Å². The summed E-state index contributed by atoms with van der Waals surface area (Å²) < 4.78 is 0. The molecular formula is C11H11N3O2S. The summed E-state index contributed by atoms with van der Waals surface area (Å²) in [6.07, 6.45) is 0. The first-order chi connectivity index (χ1) is 8.22. The summed E-state index contributed by atoms with van der Waals surface area (Å²) in [5, 5.41) is 17.9. The number of aromatic nitrogens is 1. The second kappa shape index (κ2) is 5.06. The summed E-state index contributed by atoms with van der Waals surface area (Å²) in [6.45, 7) is 0.642. The van der Waals surface area contributed by atoms with Gasteiger partial charge in [0.25, 0.3) is 0 Å². The first-order valence-corrected chi connectivity index (χ1v) is 6.32. The van der Waals surface area contributed by atoms with E-state index >= 15 is 0 Å². The molecule has 1 saturated heterocycles. The average Bonchev–Trinajstić information content (AvgIpc) is 2.39. The lowest BCUT2D eigenvalue weighted by Crippen LogP contribution is -2.47. The van der Waals surface area contributed by atoms with Crippen molar-refractivity contribution in [1.29, 1.82) is 5.26 Å². The summed E-state index contributed by atoms with van der Waals surface area (Å²) in [5.41, 5.74) is 0.310. The van der Waals surface area contributed by atoms with Crippen LogP contribution < -0.4 is 4.90 Å². The molecule has 0 bridgehead atoms. The monoisotopic (exact) mass is 249 g/mol. The number of rotatable bonds is 2. The maximum absolute atomic E-state index is 11.1. The molecule has 0 saturated carbocycles. The minimum absolute atomic E-state index is 0.310. The van der Waals surface area contributed by atoms with Gasteiger partial charge >= 0.3 is 5.97 Å². The average molecular weight is 249 g/mol. The highest BCUT2D eigenvalue weighted by Gasteiger charge is 2.29. The molecule has 2 rings (SSSR count). The van der Waals surface area contributed by atoms with Crippen LogP contribution in [0.3, 0.4) is 0 Å². The molecule has 0 aromatic carbocycles. The first kappa shape index (κ1) is 11.7. The van der Waals surface area contributed by atoms with Crippen LogP contribution in [0.2, 0.25) is 0 Å². The van der Waals surface area contributed by atoms with Gasteiger partial charge in [0.05, 0.1) is 0 Å². The molecule has 0 spiro atoms. The normalized spacial score (nSPS) is 19.7. The van der Waals surface area contributed by atoms with Gasteiger partial charge in [0, 0.05) is 18.1 Å². The lowest BCUT2D eigenvalue weighted by Gasteiger charge is -2.33. The van der Waals surface area contributed by atoms with Gasteiger partial charge in [0.15, 0.2) is 0 Å². The highest BCUT2D eigenvalue weighted by molar-refractivity contribution is 7.99. The van der Waals surface area contributed by atoms with Crippen LogP contribution in [0.5, 0.6) is 0 Å². The van der Waals surface area contributed by atoms with Crippen molar-refractivity contribution in [2.24, 2.45) is 0 Å². The zero-order valence-electron chi connectivity index (χ0n) is 9.04. The van der Waals surface area contributed by atoms with E-state index in [9.17, 15) is 4.79 Å². The van der Waals surface area contributed by atoms with Crippen LogP contribution in [0.25, 0.3) is 0 Å². The number of aliphatic carboxylic acids is 1. The highest BCUT2D eigenvalue weighted by Crippen LogP contribution is 2.22. The summed E-state index contributed by atoms with van der Waals surface area (Å²) in [4.78, 5) is 17.0. The van der Waals surface area contributed by atoms with Crippen LogP contribution in [0.4, 0.5) is 5.82 Å². The smallest absolute Gasteiger partial charge is 0.327 e. The van der Waals surface area contributed by atoms with Gasteiger partial charge in [-0.05, 0) is 12.1 Å². The van der Waals surface area contributed by atoms with Crippen LogP contribution >= 0.6 is 11.8 Å². The predicted octanol–water partition coefficient (Wildman–Crippen LogP) is 0.960. The molecule has 0 amide bonds. The van der Waals surface area contributed by atoms with Crippen molar-refractivity contribution in [3.63, 3.8) is 0 Å². The van der Waals surface area contributed by atoms with Gasteiger partial charge in [-0.3, -0.25) is 0 Å². The van der Waals surface area contributed by atoms with Crippen LogP contribution in [-0.2, 0) is 4.79 Å². The number of hydrogen-bond acceptors (Lipinski definition) is 5. The summed E-state index contributed by atoms with van der Waals surface area (Å²) >= 11 is 1.62. The number of carboxylic acid groups (broad SMARTS) is 1. The molecule has 1 aliphatic heterocycles. The highest BCUT2D eigenvalue weighted by atomic mass is 32.2. The Morgan fingerprint density at radius 2 is 2.47 bits per heavy atom. The zero-order valence-corrected chi connectivity index (χ0v) is 9.85. The van der Waals surface area contributed by atoms with Crippen molar-refractivity contribution >= 4 is 23.5 Å². The Morgan fingerprint density at radius 1 is 1.65 bits per heavy atom. The molecule has 2 heterocycles. The Kier molecular flexibility index (Phi) is 3.49.